The van der Waals surface area contributed by atoms with Crippen LogP contribution in [0.25, 0.3) is 11.5 Å². The summed E-state index contributed by atoms with van der Waals surface area (Å²) in [6.07, 6.45) is 0. The molecule has 1 atom stereocenters. The Morgan fingerprint density at radius 3 is 2.94 bits per heavy atom. The highest BCUT2D eigenvalue weighted by atomic mass is 79.9. The molecule has 0 aliphatic carbocycles. The highest BCUT2D eigenvalue weighted by Crippen LogP contribution is 2.25. The lowest BCUT2D eigenvalue weighted by Crippen LogP contribution is -2.10. The first-order valence-corrected chi connectivity index (χ1v) is 5.90. The normalized spacial score (nSPS) is 12.7. The molecule has 0 amide bonds. The van der Waals surface area contributed by atoms with Gasteiger partial charge in [-0.2, -0.15) is 4.98 Å². The molecule has 1 heterocycles. The number of hydrogen-bond donors (Lipinski definition) is 1. The molecule has 0 radical (unpaired) electrons. The Kier molecular flexibility index (Phi) is 3.54. The largest absolute Gasteiger partial charge is 0.334 e. The number of hydrogen-bond acceptors (Lipinski definition) is 4. The zero-order valence-electron chi connectivity index (χ0n) is 9.15. The van der Waals surface area contributed by atoms with Gasteiger partial charge in [-0.05, 0) is 18.2 Å². The third-order valence-electron chi connectivity index (χ3n) is 2.40. The average Bonchev–Trinajstić information content (AvgIpc) is 2.77. The van der Waals surface area contributed by atoms with Crippen LogP contribution in [0.4, 0.5) is 4.39 Å². The molecule has 0 saturated carbocycles. The van der Waals surface area contributed by atoms with Gasteiger partial charge < -0.3 is 10.3 Å². The summed E-state index contributed by atoms with van der Waals surface area (Å²) in [5, 5.41) is 3.78. The van der Waals surface area contributed by atoms with Crippen LogP contribution < -0.4 is 5.73 Å². The van der Waals surface area contributed by atoms with Gasteiger partial charge in [0.05, 0.1) is 5.56 Å². The molecule has 0 aliphatic rings. The summed E-state index contributed by atoms with van der Waals surface area (Å²) in [6, 6.07) is 4.66. The van der Waals surface area contributed by atoms with Gasteiger partial charge in [-0.25, -0.2) is 4.39 Å². The molecule has 0 spiro atoms. The van der Waals surface area contributed by atoms with Crippen LogP contribution in [0.2, 0.25) is 0 Å². The molecule has 1 aromatic carbocycles. The second-order valence-corrected chi connectivity index (χ2v) is 4.63. The van der Waals surface area contributed by atoms with Crippen LogP contribution >= 0.6 is 15.9 Å². The Hall–Kier alpha value is -1.27. The maximum Gasteiger partial charge on any atom is 0.260 e. The average molecular weight is 300 g/mol. The molecule has 0 saturated heterocycles. The molecule has 0 aliphatic heterocycles. The van der Waals surface area contributed by atoms with Gasteiger partial charge in [0.25, 0.3) is 5.89 Å². The van der Waals surface area contributed by atoms with Crippen molar-refractivity contribution in [1.82, 2.24) is 10.1 Å². The first kappa shape index (κ1) is 12.2. The van der Waals surface area contributed by atoms with E-state index in [1.165, 1.54) is 6.07 Å². The molecule has 17 heavy (non-hydrogen) atoms. The van der Waals surface area contributed by atoms with E-state index in [1.54, 1.807) is 12.1 Å². The fourth-order valence-electron chi connectivity index (χ4n) is 1.31. The minimum absolute atomic E-state index is 0.00832. The maximum absolute atomic E-state index is 13.6. The van der Waals surface area contributed by atoms with E-state index in [0.29, 0.717) is 16.8 Å². The van der Waals surface area contributed by atoms with Crippen molar-refractivity contribution in [3.8, 4) is 11.5 Å². The summed E-state index contributed by atoms with van der Waals surface area (Å²) in [6.45, 7) is 2.30. The number of rotatable bonds is 3. The zero-order chi connectivity index (χ0) is 12.4. The molecule has 2 N–H and O–H groups in total. The molecule has 4 nitrogen and oxygen atoms in total. The summed E-state index contributed by atoms with van der Waals surface area (Å²) in [5.74, 6) is 0.246. The van der Waals surface area contributed by atoms with Crippen molar-refractivity contribution >= 4 is 15.9 Å². The predicted octanol–water partition coefficient (Wildman–Crippen LogP) is 2.70. The fraction of sp³-hybridized carbons (Fsp3) is 0.273. The quantitative estimate of drug-likeness (QED) is 0.946. The summed E-state index contributed by atoms with van der Waals surface area (Å²) in [5.41, 5.74) is 5.79. The summed E-state index contributed by atoms with van der Waals surface area (Å²) < 4.78 is 19.3. The van der Waals surface area contributed by atoms with E-state index in [0.717, 1.165) is 0 Å². The molecule has 0 bridgehead atoms. The molecule has 2 aromatic rings. The van der Waals surface area contributed by atoms with Gasteiger partial charge in [0.15, 0.2) is 5.82 Å². The first-order chi connectivity index (χ1) is 8.11. The van der Waals surface area contributed by atoms with E-state index in [-0.39, 0.29) is 17.4 Å². The fourth-order valence-corrected chi connectivity index (χ4v) is 1.65. The lowest BCUT2D eigenvalue weighted by molar-refractivity contribution is 0.416. The van der Waals surface area contributed by atoms with E-state index >= 15 is 0 Å². The van der Waals surface area contributed by atoms with E-state index in [1.807, 2.05) is 6.92 Å². The van der Waals surface area contributed by atoms with Crippen LogP contribution in [0.5, 0.6) is 0 Å². The lowest BCUT2D eigenvalue weighted by atomic mass is 10.2. The Morgan fingerprint density at radius 1 is 1.53 bits per heavy atom. The molecule has 1 aromatic heterocycles. The summed E-state index contributed by atoms with van der Waals surface area (Å²) in [4.78, 5) is 4.13. The molecule has 1 unspecified atom stereocenters. The van der Waals surface area contributed by atoms with Crippen molar-refractivity contribution in [2.45, 2.75) is 12.8 Å². The Balaban J connectivity index is 2.37. The van der Waals surface area contributed by atoms with Crippen LogP contribution in [-0.4, -0.2) is 16.7 Å². The number of aromatic nitrogens is 2. The Morgan fingerprint density at radius 2 is 2.29 bits per heavy atom. The van der Waals surface area contributed by atoms with Gasteiger partial charge in [0, 0.05) is 16.9 Å². The highest BCUT2D eigenvalue weighted by Gasteiger charge is 2.16. The second kappa shape index (κ2) is 4.93. The minimum Gasteiger partial charge on any atom is -0.334 e. The van der Waals surface area contributed by atoms with Crippen molar-refractivity contribution in [3.63, 3.8) is 0 Å². The van der Waals surface area contributed by atoms with Crippen molar-refractivity contribution in [1.29, 1.82) is 0 Å². The third-order valence-corrected chi connectivity index (χ3v) is 2.89. The van der Waals surface area contributed by atoms with Gasteiger partial charge >= 0.3 is 0 Å². The molecule has 90 valence electrons. The number of halogens is 2. The van der Waals surface area contributed by atoms with Crippen molar-refractivity contribution in [2.24, 2.45) is 5.73 Å². The van der Waals surface area contributed by atoms with Crippen molar-refractivity contribution < 1.29 is 8.91 Å². The SMILES string of the molecule is CC(CN)c1noc(-c2ccc(Br)cc2F)n1. The molecule has 0 fully saturated rings. The van der Waals surface area contributed by atoms with Crippen LogP contribution in [0.15, 0.2) is 27.2 Å². The lowest BCUT2D eigenvalue weighted by Gasteiger charge is -1.99. The zero-order valence-corrected chi connectivity index (χ0v) is 10.7. The maximum atomic E-state index is 13.6. The first-order valence-electron chi connectivity index (χ1n) is 5.11. The van der Waals surface area contributed by atoms with E-state index in [4.69, 9.17) is 10.3 Å². The molecular formula is C11H11BrFN3O. The predicted molar refractivity (Wildman–Crippen MR) is 64.9 cm³/mol. The monoisotopic (exact) mass is 299 g/mol. The van der Waals surface area contributed by atoms with Crippen molar-refractivity contribution in [2.75, 3.05) is 6.54 Å². The topological polar surface area (TPSA) is 64.9 Å². The number of nitrogens with zero attached hydrogens (tertiary/aromatic N) is 2. The number of benzene rings is 1. The Bertz CT molecular complexity index is 529. The minimum atomic E-state index is -0.407. The summed E-state index contributed by atoms with van der Waals surface area (Å²) >= 11 is 3.19. The standard InChI is InChI=1S/C11H11BrFN3O/c1-6(5-14)10-15-11(17-16-10)8-3-2-7(12)4-9(8)13/h2-4,6H,5,14H2,1H3. The van der Waals surface area contributed by atoms with Gasteiger partial charge in [0.1, 0.15) is 5.82 Å². The highest BCUT2D eigenvalue weighted by molar-refractivity contribution is 9.10. The molecule has 2 rings (SSSR count). The second-order valence-electron chi connectivity index (χ2n) is 3.72. The van der Waals surface area contributed by atoms with Crippen LogP contribution in [0.1, 0.15) is 18.7 Å². The van der Waals surface area contributed by atoms with Gasteiger partial charge in [-0.15, -0.1) is 0 Å². The number of nitrogens with two attached hydrogens (primary N) is 1. The van der Waals surface area contributed by atoms with Gasteiger partial charge in [-0.1, -0.05) is 28.0 Å². The molecular weight excluding hydrogens is 289 g/mol. The summed E-state index contributed by atoms with van der Waals surface area (Å²) in [7, 11) is 0. The van der Waals surface area contributed by atoms with E-state index in [9.17, 15) is 4.39 Å². The van der Waals surface area contributed by atoms with Crippen LogP contribution in [0.3, 0.4) is 0 Å². The van der Waals surface area contributed by atoms with Crippen LogP contribution in [-0.2, 0) is 0 Å². The van der Waals surface area contributed by atoms with Gasteiger partial charge in [0.2, 0.25) is 0 Å². The van der Waals surface area contributed by atoms with Gasteiger partial charge in [-0.3, -0.25) is 0 Å². The van der Waals surface area contributed by atoms with Crippen molar-refractivity contribution in [3.05, 3.63) is 34.3 Å². The smallest absolute Gasteiger partial charge is 0.260 e. The van der Waals surface area contributed by atoms with E-state index in [2.05, 4.69) is 26.1 Å². The third kappa shape index (κ3) is 2.53. The Labute approximate surface area is 106 Å². The molecule has 6 heteroatoms. The van der Waals surface area contributed by atoms with Crippen LogP contribution in [0, 0.1) is 5.82 Å². The van der Waals surface area contributed by atoms with E-state index < -0.39 is 5.82 Å².